The zero-order valence-corrected chi connectivity index (χ0v) is 17.8. The highest BCUT2D eigenvalue weighted by Crippen LogP contribution is 2.24. The number of rotatable bonds is 6. The fraction of sp³-hybridized carbons (Fsp3) is 1.00. The Bertz CT molecular complexity index is 515. The van der Waals surface area contributed by atoms with Gasteiger partial charge >= 0.3 is 5.09 Å². The third-order valence-electron chi connectivity index (χ3n) is 6.32. The summed E-state index contributed by atoms with van der Waals surface area (Å²) in [6, 6.07) is -1.95. The summed E-state index contributed by atoms with van der Waals surface area (Å²) in [7, 11) is 0. The van der Waals surface area contributed by atoms with Gasteiger partial charge in [0.05, 0.1) is 0 Å². The fourth-order valence-electron chi connectivity index (χ4n) is 4.54. The second kappa shape index (κ2) is 13.3. The molecular weight excluding hydrogens is 394 g/mol. The summed E-state index contributed by atoms with van der Waals surface area (Å²) < 4.78 is 0. The minimum absolute atomic E-state index is 0.0696. The van der Waals surface area contributed by atoms with Gasteiger partial charge in [0.15, 0.2) is 0 Å². The number of hydrogen-bond donors (Lipinski definition) is 0. The molecule has 0 aromatic rings. The van der Waals surface area contributed by atoms with Crippen molar-refractivity contribution in [2.75, 3.05) is 0 Å². The standard InChI is InChI=1S/C20H36N3O7/c24-21(25)17-13-9-5-1-3-7-11-15-19(17)29-23(28)30-20-16-12-8-4-2-6-10-14-18(20)22(26)27/h17-20H,1-16H2/q+1. The summed E-state index contributed by atoms with van der Waals surface area (Å²) >= 11 is 0. The van der Waals surface area contributed by atoms with Gasteiger partial charge in [-0.3, -0.25) is 20.2 Å². The maximum Gasteiger partial charge on any atom is 0.478 e. The van der Waals surface area contributed by atoms with E-state index >= 15 is 0 Å². The molecule has 2 rings (SSSR count). The maximum atomic E-state index is 12.4. The summed E-state index contributed by atoms with van der Waals surface area (Å²) in [5, 5.41) is 23.1. The maximum absolute atomic E-state index is 12.4. The Balaban J connectivity index is 2.03. The monoisotopic (exact) mass is 430 g/mol. The van der Waals surface area contributed by atoms with Gasteiger partial charge in [-0.25, -0.2) is 0 Å². The van der Waals surface area contributed by atoms with Crippen molar-refractivity contribution in [2.45, 2.75) is 127 Å². The second-order valence-corrected chi connectivity index (χ2v) is 8.61. The minimum Gasteiger partial charge on any atom is -0.264 e. The van der Waals surface area contributed by atoms with Crippen LogP contribution in [0.15, 0.2) is 0 Å². The van der Waals surface area contributed by atoms with Gasteiger partial charge in [0.1, 0.15) is 4.91 Å². The van der Waals surface area contributed by atoms with Crippen molar-refractivity contribution in [3.63, 3.8) is 0 Å². The van der Waals surface area contributed by atoms with Crippen molar-refractivity contribution in [3.05, 3.63) is 25.1 Å². The fourth-order valence-corrected chi connectivity index (χ4v) is 4.54. The SMILES string of the molecule is O=[N+](OC1CCCCCCCCC1[N+](=O)[O-])OC1CCCCCCCCC1[N+](=O)[O-]. The van der Waals surface area contributed by atoms with Gasteiger partial charge in [0.2, 0.25) is 12.2 Å². The zero-order chi connectivity index (χ0) is 21.8. The Morgan fingerprint density at radius 3 is 1.13 bits per heavy atom. The summed E-state index contributed by atoms with van der Waals surface area (Å²) in [5.41, 5.74) is 0. The third-order valence-corrected chi connectivity index (χ3v) is 6.32. The molecule has 0 aliphatic heterocycles. The third kappa shape index (κ3) is 8.39. The van der Waals surface area contributed by atoms with Crippen LogP contribution in [0, 0.1) is 25.1 Å². The first-order chi connectivity index (χ1) is 14.5. The minimum atomic E-state index is -0.974. The molecule has 10 heteroatoms. The summed E-state index contributed by atoms with van der Waals surface area (Å²) in [6.45, 7) is 0. The van der Waals surface area contributed by atoms with Crippen LogP contribution in [0.4, 0.5) is 0 Å². The van der Waals surface area contributed by atoms with Crippen LogP contribution >= 0.6 is 0 Å². The van der Waals surface area contributed by atoms with Gasteiger partial charge in [-0.1, -0.05) is 51.4 Å². The van der Waals surface area contributed by atoms with E-state index in [0.29, 0.717) is 25.7 Å². The van der Waals surface area contributed by atoms with Crippen LogP contribution in [0.25, 0.3) is 0 Å². The van der Waals surface area contributed by atoms with Gasteiger partial charge < -0.3 is 0 Å². The average molecular weight is 431 g/mol. The Hall–Kier alpha value is -2.00. The van der Waals surface area contributed by atoms with Gasteiger partial charge in [0.25, 0.3) is 12.1 Å². The Labute approximate surface area is 177 Å². The molecule has 4 atom stereocenters. The van der Waals surface area contributed by atoms with Crippen LogP contribution in [0.5, 0.6) is 0 Å². The second-order valence-electron chi connectivity index (χ2n) is 8.61. The predicted octanol–water partition coefficient (Wildman–Crippen LogP) is 4.93. The van der Waals surface area contributed by atoms with Crippen LogP contribution < -0.4 is 0 Å². The molecule has 4 unspecified atom stereocenters. The lowest BCUT2D eigenvalue weighted by Gasteiger charge is -2.19. The molecule has 0 spiro atoms. The normalized spacial score (nSPS) is 29.9. The van der Waals surface area contributed by atoms with Crippen molar-refractivity contribution in [3.8, 4) is 0 Å². The molecule has 0 radical (unpaired) electrons. The number of hydrogen-bond acceptors (Lipinski definition) is 7. The lowest BCUT2D eigenvalue weighted by atomic mass is 9.95. The highest BCUT2D eigenvalue weighted by molar-refractivity contribution is 4.72. The molecule has 2 saturated carbocycles. The molecule has 10 nitrogen and oxygen atoms in total. The average Bonchev–Trinajstić information content (AvgIpc) is 2.70. The van der Waals surface area contributed by atoms with E-state index in [1.54, 1.807) is 0 Å². The van der Waals surface area contributed by atoms with E-state index in [9.17, 15) is 25.1 Å². The lowest BCUT2D eigenvalue weighted by Crippen LogP contribution is -2.42. The van der Waals surface area contributed by atoms with Gasteiger partial charge in [-0.15, -0.1) is 0 Å². The summed E-state index contributed by atoms with van der Waals surface area (Å²) in [6.07, 6.45) is 10.7. The van der Waals surface area contributed by atoms with E-state index in [-0.39, 0.29) is 14.9 Å². The van der Waals surface area contributed by atoms with Crippen LogP contribution in [-0.4, -0.2) is 39.2 Å². The first-order valence-electron chi connectivity index (χ1n) is 11.6. The van der Waals surface area contributed by atoms with E-state index in [1.165, 1.54) is 0 Å². The summed E-state index contributed by atoms with van der Waals surface area (Å²) in [4.78, 5) is 45.5. The molecule has 0 aromatic heterocycles. The first-order valence-corrected chi connectivity index (χ1v) is 11.6. The lowest BCUT2D eigenvalue weighted by molar-refractivity contribution is -0.997. The van der Waals surface area contributed by atoms with Gasteiger partial charge in [0, 0.05) is 22.7 Å². The molecule has 2 aliphatic rings. The predicted molar refractivity (Wildman–Crippen MR) is 109 cm³/mol. The van der Waals surface area contributed by atoms with E-state index in [1.807, 2.05) is 0 Å². The van der Waals surface area contributed by atoms with Crippen molar-refractivity contribution < 1.29 is 24.6 Å². The van der Waals surface area contributed by atoms with Crippen LogP contribution in [0.1, 0.15) is 103 Å². The molecule has 0 amide bonds. The molecule has 0 saturated heterocycles. The molecule has 0 aromatic carbocycles. The van der Waals surface area contributed by atoms with Crippen molar-refractivity contribution in [1.29, 1.82) is 0 Å². The smallest absolute Gasteiger partial charge is 0.264 e. The Kier molecular flexibility index (Phi) is 10.8. The highest BCUT2D eigenvalue weighted by atomic mass is 17.0. The topological polar surface area (TPSA) is 125 Å². The van der Waals surface area contributed by atoms with E-state index in [4.69, 9.17) is 9.68 Å². The molecule has 0 heterocycles. The highest BCUT2D eigenvalue weighted by Gasteiger charge is 2.43. The zero-order valence-electron chi connectivity index (χ0n) is 17.8. The van der Waals surface area contributed by atoms with Gasteiger partial charge in [-0.05, 0) is 38.5 Å². The quantitative estimate of drug-likeness (QED) is 0.432. The van der Waals surface area contributed by atoms with Crippen LogP contribution in [0.3, 0.4) is 0 Å². The molecule has 172 valence electrons. The van der Waals surface area contributed by atoms with E-state index < -0.39 is 24.3 Å². The van der Waals surface area contributed by atoms with Crippen molar-refractivity contribution in [2.24, 2.45) is 0 Å². The van der Waals surface area contributed by atoms with Gasteiger partial charge in [-0.2, -0.15) is 9.68 Å². The number of nitrogens with zero attached hydrogens (tertiary/aromatic N) is 3. The number of nitro groups is 2. The molecule has 30 heavy (non-hydrogen) atoms. The molecule has 2 fully saturated rings. The Morgan fingerprint density at radius 2 is 0.800 bits per heavy atom. The first kappa shape index (κ1) is 24.3. The van der Waals surface area contributed by atoms with Crippen LogP contribution in [0.2, 0.25) is 0 Å². The largest absolute Gasteiger partial charge is 0.478 e. The van der Waals surface area contributed by atoms with Crippen molar-refractivity contribution in [1.82, 2.24) is 0 Å². The van der Waals surface area contributed by atoms with Crippen LogP contribution in [-0.2, 0) is 9.68 Å². The van der Waals surface area contributed by atoms with E-state index in [0.717, 1.165) is 77.0 Å². The molecule has 0 N–H and O–H groups in total. The van der Waals surface area contributed by atoms with E-state index in [2.05, 4.69) is 0 Å². The van der Waals surface area contributed by atoms with Crippen molar-refractivity contribution >= 4 is 0 Å². The molecule has 2 aliphatic carbocycles. The molecular formula is C20H36N3O7+. The Morgan fingerprint density at radius 1 is 0.500 bits per heavy atom. The summed E-state index contributed by atoms with van der Waals surface area (Å²) in [5.74, 6) is 0. The molecule has 0 bridgehead atoms.